The Balaban J connectivity index is 3.10. The van der Waals surface area contributed by atoms with Crippen molar-refractivity contribution in [1.29, 1.82) is 0 Å². The smallest absolute Gasteiger partial charge is 0.176 e. The van der Waals surface area contributed by atoms with Crippen molar-refractivity contribution in [3.05, 3.63) is 23.8 Å². The second kappa shape index (κ2) is 4.33. The number of ketones is 1. The number of methoxy groups -OCH3 is 1. The van der Waals surface area contributed by atoms with Crippen molar-refractivity contribution in [3.63, 3.8) is 0 Å². The number of para-hydroxylation sites is 1. The Bertz CT molecular complexity index is 391. The monoisotopic (exact) mass is 189 g/mol. The second-order valence-electron chi connectivity index (χ2n) is 2.73. The van der Waals surface area contributed by atoms with E-state index in [1.165, 1.54) is 7.11 Å². The van der Waals surface area contributed by atoms with Crippen LogP contribution in [0.1, 0.15) is 16.8 Å². The van der Waals surface area contributed by atoms with Crippen molar-refractivity contribution < 1.29 is 9.53 Å². The van der Waals surface area contributed by atoms with Crippen molar-refractivity contribution >= 4 is 11.5 Å². The summed E-state index contributed by atoms with van der Waals surface area (Å²) in [7, 11) is 1.50. The van der Waals surface area contributed by atoms with Gasteiger partial charge in [-0.2, -0.15) is 0 Å². The van der Waals surface area contributed by atoms with Crippen molar-refractivity contribution in [2.24, 2.45) is 0 Å². The highest BCUT2D eigenvalue weighted by Gasteiger charge is 2.11. The Morgan fingerprint density at radius 3 is 2.93 bits per heavy atom. The second-order valence-corrected chi connectivity index (χ2v) is 2.73. The molecular weight excluding hydrogens is 178 g/mol. The van der Waals surface area contributed by atoms with E-state index in [0.717, 1.165) is 0 Å². The van der Waals surface area contributed by atoms with Gasteiger partial charge in [0.05, 0.1) is 19.2 Å². The summed E-state index contributed by atoms with van der Waals surface area (Å²) in [6.45, 7) is 0. The van der Waals surface area contributed by atoms with Gasteiger partial charge in [0, 0.05) is 5.56 Å². The van der Waals surface area contributed by atoms with E-state index in [1.807, 2.05) is 0 Å². The molecule has 3 nitrogen and oxygen atoms in total. The number of benzene rings is 1. The summed E-state index contributed by atoms with van der Waals surface area (Å²) in [5.41, 5.74) is 6.47. The van der Waals surface area contributed by atoms with Crippen LogP contribution in [0.25, 0.3) is 0 Å². The van der Waals surface area contributed by atoms with Crippen LogP contribution in [0.3, 0.4) is 0 Å². The van der Waals surface area contributed by atoms with E-state index in [9.17, 15) is 4.79 Å². The van der Waals surface area contributed by atoms with Crippen LogP contribution < -0.4 is 10.5 Å². The van der Waals surface area contributed by atoms with Crippen LogP contribution in [0, 0.1) is 12.3 Å². The predicted molar refractivity (Wildman–Crippen MR) is 55.2 cm³/mol. The predicted octanol–water partition coefficient (Wildman–Crippen LogP) is 1.48. The summed E-state index contributed by atoms with van der Waals surface area (Å²) in [4.78, 5) is 11.5. The largest absolute Gasteiger partial charge is 0.495 e. The molecule has 0 aliphatic heterocycles. The van der Waals surface area contributed by atoms with Crippen LogP contribution in [-0.2, 0) is 0 Å². The summed E-state index contributed by atoms with van der Waals surface area (Å²) < 4.78 is 4.99. The number of carbonyl (C=O) groups is 1. The molecule has 0 radical (unpaired) electrons. The average Bonchev–Trinajstić information content (AvgIpc) is 2.18. The lowest BCUT2D eigenvalue weighted by atomic mass is 10.1. The third kappa shape index (κ3) is 1.86. The summed E-state index contributed by atoms with van der Waals surface area (Å²) in [6, 6.07) is 5.04. The number of hydrogen-bond acceptors (Lipinski definition) is 3. The molecule has 2 N–H and O–H groups in total. The number of ether oxygens (including phenoxy) is 1. The molecule has 1 rings (SSSR count). The van der Waals surface area contributed by atoms with Gasteiger partial charge in [-0.3, -0.25) is 4.79 Å². The highest BCUT2D eigenvalue weighted by molar-refractivity contribution is 6.02. The van der Waals surface area contributed by atoms with Gasteiger partial charge in [-0.05, 0) is 12.1 Å². The fourth-order valence-corrected chi connectivity index (χ4v) is 1.15. The Hall–Kier alpha value is -1.95. The molecule has 0 heterocycles. The van der Waals surface area contributed by atoms with Gasteiger partial charge in [-0.15, -0.1) is 6.42 Å². The van der Waals surface area contributed by atoms with Crippen LogP contribution in [0.2, 0.25) is 0 Å². The quantitative estimate of drug-likeness (QED) is 0.445. The van der Waals surface area contributed by atoms with Crippen molar-refractivity contribution in [3.8, 4) is 18.1 Å². The van der Waals surface area contributed by atoms with E-state index in [-0.39, 0.29) is 12.2 Å². The van der Waals surface area contributed by atoms with Gasteiger partial charge >= 0.3 is 0 Å². The van der Waals surface area contributed by atoms with E-state index in [2.05, 4.69) is 5.92 Å². The van der Waals surface area contributed by atoms with E-state index in [0.29, 0.717) is 17.0 Å². The summed E-state index contributed by atoms with van der Waals surface area (Å²) in [6.07, 6.45) is 5.10. The molecule has 0 atom stereocenters. The van der Waals surface area contributed by atoms with Crippen LogP contribution in [0.15, 0.2) is 18.2 Å². The lowest BCUT2D eigenvalue weighted by Gasteiger charge is -2.07. The van der Waals surface area contributed by atoms with E-state index in [4.69, 9.17) is 16.9 Å². The van der Waals surface area contributed by atoms with Gasteiger partial charge in [0.15, 0.2) is 5.78 Å². The number of nitrogen functional groups attached to an aromatic ring is 1. The number of terminal acetylenes is 1. The summed E-state index contributed by atoms with van der Waals surface area (Å²) in [5, 5.41) is 0. The third-order valence-corrected chi connectivity index (χ3v) is 1.85. The molecule has 3 heteroatoms. The molecule has 72 valence electrons. The zero-order valence-corrected chi connectivity index (χ0v) is 7.91. The SMILES string of the molecule is C#CCC(=O)c1cccc(OC)c1N. The number of carbonyl (C=O) groups excluding carboxylic acids is 1. The maximum absolute atomic E-state index is 11.5. The summed E-state index contributed by atoms with van der Waals surface area (Å²) in [5.74, 6) is 2.62. The van der Waals surface area contributed by atoms with E-state index < -0.39 is 0 Å². The van der Waals surface area contributed by atoms with Gasteiger partial charge in [-0.25, -0.2) is 0 Å². The average molecular weight is 189 g/mol. The van der Waals surface area contributed by atoms with E-state index in [1.54, 1.807) is 18.2 Å². The highest BCUT2D eigenvalue weighted by atomic mass is 16.5. The molecule has 0 fully saturated rings. The number of anilines is 1. The van der Waals surface area contributed by atoms with Gasteiger partial charge in [0.25, 0.3) is 0 Å². The first-order chi connectivity index (χ1) is 6.70. The molecule has 1 aromatic carbocycles. The molecule has 0 amide bonds. The summed E-state index contributed by atoms with van der Waals surface area (Å²) >= 11 is 0. The molecule has 1 aromatic rings. The number of hydrogen-bond donors (Lipinski definition) is 1. The normalized spacial score (nSPS) is 9.14. The Labute approximate surface area is 82.9 Å². The standard InChI is InChI=1S/C11H11NO2/c1-3-5-9(13)8-6-4-7-10(14-2)11(8)12/h1,4,6-7H,5,12H2,2H3. The van der Waals surface area contributed by atoms with Gasteiger partial charge in [0.1, 0.15) is 5.75 Å². The van der Waals surface area contributed by atoms with Crippen molar-refractivity contribution in [2.75, 3.05) is 12.8 Å². The number of nitrogens with two attached hydrogens (primary N) is 1. The lowest BCUT2D eigenvalue weighted by molar-refractivity contribution is 0.0999. The minimum absolute atomic E-state index is 0.0529. The molecule has 14 heavy (non-hydrogen) atoms. The topological polar surface area (TPSA) is 52.3 Å². The van der Waals surface area contributed by atoms with Gasteiger partial charge < -0.3 is 10.5 Å². The zero-order chi connectivity index (χ0) is 10.6. The van der Waals surface area contributed by atoms with Crippen LogP contribution in [-0.4, -0.2) is 12.9 Å². The first kappa shape index (κ1) is 10.1. The Kier molecular flexibility index (Phi) is 3.14. The van der Waals surface area contributed by atoms with Gasteiger partial charge in [0.2, 0.25) is 0 Å². The highest BCUT2D eigenvalue weighted by Crippen LogP contribution is 2.25. The molecule has 0 aliphatic rings. The third-order valence-electron chi connectivity index (χ3n) is 1.85. The molecule has 0 aliphatic carbocycles. The van der Waals surface area contributed by atoms with Crippen LogP contribution in [0.4, 0.5) is 5.69 Å². The zero-order valence-electron chi connectivity index (χ0n) is 7.91. The number of rotatable bonds is 3. The molecule has 0 bridgehead atoms. The minimum Gasteiger partial charge on any atom is -0.495 e. The van der Waals surface area contributed by atoms with Crippen molar-refractivity contribution in [1.82, 2.24) is 0 Å². The number of Topliss-reactive ketones (excluding diaryl/α,β-unsaturated/α-hetero) is 1. The maximum Gasteiger partial charge on any atom is 0.176 e. The molecule has 0 saturated heterocycles. The molecule has 0 spiro atoms. The molecular formula is C11H11NO2. The fourth-order valence-electron chi connectivity index (χ4n) is 1.15. The Morgan fingerprint density at radius 2 is 2.36 bits per heavy atom. The Morgan fingerprint density at radius 1 is 1.64 bits per heavy atom. The van der Waals surface area contributed by atoms with Crippen molar-refractivity contribution in [2.45, 2.75) is 6.42 Å². The van der Waals surface area contributed by atoms with Crippen LogP contribution in [0.5, 0.6) is 5.75 Å². The first-order valence-corrected chi connectivity index (χ1v) is 4.09. The molecule has 0 saturated carbocycles. The van der Waals surface area contributed by atoms with Gasteiger partial charge in [-0.1, -0.05) is 12.0 Å². The first-order valence-electron chi connectivity index (χ1n) is 4.09. The van der Waals surface area contributed by atoms with Crippen LogP contribution >= 0.6 is 0 Å². The maximum atomic E-state index is 11.5. The molecule has 0 aromatic heterocycles. The van der Waals surface area contributed by atoms with E-state index >= 15 is 0 Å². The minimum atomic E-state index is -0.163. The fraction of sp³-hybridized carbons (Fsp3) is 0.182. The molecule has 0 unspecified atom stereocenters. The lowest BCUT2D eigenvalue weighted by Crippen LogP contribution is -2.04.